The molecule has 4 rings (SSSR count). The number of nitro groups is 1. The van der Waals surface area contributed by atoms with Crippen LogP contribution in [0, 0.1) is 24.0 Å². The molecule has 0 amide bonds. The van der Waals surface area contributed by atoms with E-state index in [1.807, 2.05) is 49.4 Å². The number of hydrogen-bond acceptors (Lipinski definition) is 5. The van der Waals surface area contributed by atoms with Crippen LogP contribution in [0.15, 0.2) is 82.5 Å². The summed E-state index contributed by atoms with van der Waals surface area (Å²) in [6, 6.07) is 19.2. The van der Waals surface area contributed by atoms with E-state index < -0.39 is 20.5 Å². The number of nitro benzene ring substituents is 1. The maximum absolute atomic E-state index is 13.6. The van der Waals surface area contributed by atoms with E-state index in [9.17, 15) is 23.3 Å². The number of aromatic nitrogens is 1. The van der Waals surface area contributed by atoms with Crippen molar-refractivity contribution < 1.29 is 13.3 Å². The van der Waals surface area contributed by atoms with Crippen LogP contribution >= 0.6 is 0 Å². The van der Waals surface area contributed by atoms with E-state index in [0.717, 1.165) is 39.4 Å². The van der Waals surface area contributed by atoms with E-state index in [1.54, 1.807) is 13.0 Å². The summed E-state index contributed by atoms with van der Waals surface area (Å²) in [5, 5.41) is 12.0. The molecule has 0 fully saturated rings. The molecule has 32 heavy (non-hydrogen) atoms. The minimum atomic E-state index is -4.30. The summed E-state index contributed by atoms with van der Waals surface area (Å²) in [5.74, 6) is 0. The Kier molecular flexibility index (Phi) is 5.40. The molecule has 0 N–H and O–H groups in total. The van der Waals surface area contributed by atoms with Crippen molar-refractivity contribution in [1.29, 1.82) is 0 Å². The Balaban J connectivity index is 2.01. The van der Waals surface area contributed by atoms with Gasteiger partial charge in [-0.3, -0.25) is 14.9 Å². The summed E-state index contributed by atoms with van der Waals surface area (Å²) in [5.41, 5.74) is 1.95. The molecule has 0 aliphatic carbocycles. The van der Waals surface area contributed by atoms with Crippen LogP contribution in [0.3, 0.4) is 0 Å². The van der Waals surface area contributed by atoms with Gasteiger partial charge in [0.2, 0.25) is 0 Å². The number of hydrogen-bond donors (Lipinski definition) is 0. The number of rotatable bonds is 5. The Bertz CT molecular complexity index is 1510. The Morgan fingerprint density at radius 2 is 1.59 bits per heavy atom. The highest BCUT2D eigenvalue weighted by molar-refractivity contribution is 7.90. The summed E-state index contributed by atoms with van der Waals surface area (Å²) in [4.78, 5) is 23.7. The van der Waals surface area contributed by atoms with Crippen LogP contribution in [-0.2, 0) is 16.4 Å². The Morgan fingerprint density at radius 1 is 0.938 bits per heavy atom. The molecule has 0 radical (unpaired) electrons. The highest BCUT2D eigenvalue weighted by Crippen LogP contribution is 2.24. The lowest BCUT2D eigenvalue weighted by molar-refractivity contribution is -0.384. The fourth-order valence-corrected chi connectivity index (χ4v) is 5.34. The summed E-state index contributed by atoms with van der Waals surface area (Å²) in [7, 11) is -4.30. The van der Waals surface area contributed by atoms with Crippen molar-refractivity contribution in [3.63, 3.8) is 0 Å². The first kappa shape index (κ1) is 21.5. The van der Waals surface area contributed by atoms with Gasteiger partial charge in [-0.15, -0.1) is 0 Å². The van der Waals surface area contributed by atoms with E-state index in [1.165, 1.54) is 0 Å². The van der Waals surface area contributed by atoms with Gasteiger partial charge in [0.15, 0.2) is 0 Å². The van der Waals surface area contributed by atoms with Crippen LogP contribution in [0.4, 0.5) is 5.69 Å². The molecule has 1 aromatic heterocycles. The zero-order valence-corrected chi connectivity index (χ0v) is 18.3. The molecule has 3 aromatic carbocycles. The lowest BCUT2D eigenvalue weighted by atomic mass is 10.0. The van der Waals surface area contributed by atoms with Crippen molar-refractivity contribution in [2.24, 2.45) is 0 Å². The molecule has 4 aromatic rings. The van der Waals surface area contributed by atoms with Crippen molar-refractivity contribution in [2.75, 3.05) is 0 Å². The second-order valence-electron chi connectivity index (χ2n) is 7.67. The van der Waals surface area contributed by atoms with Crippen molar-refractivity contribution in [3.05, 3.63) is 116 Å². The second kappa shape index (κ2) is 8.05. The topological polar surface area (TPSA) is 99.3 Å². The van der Waals surface area contributed by atoms with Crippen LogP contribution in [0.25, 0.3) is 10.8 Å². The first-order valence-electron chi connectivity index (χ1n) is 9.88. The third-order valence-corrected chi connectivity index (χ3v) is 7.05. The van der Waals surface area contributed by atoms with Gasteiger partial charge in [0.25, 0.3) is 21.3 Å². The Hall–Kier alpha value is -3.78. The maximum Gasteiger partial charge on any atom is 0.272 e. The first-order valence-corrected chi connectivity index (χ1v) is 11.3. The first-order chi connectivity index (χ1) is 15.2. The van der Waals surface area contributed by atoms with Crippen LogP contribution < -0.4 is 5.56 Å². The summed E-state index contributed by atoms with van der Waals surface area (Å²) < 4.78 is 27.9. The standard InChI is InChI=1S/C24H20N2O5S/c1-16-12-17(2)23-19(13-16)15-21(14-18-6-4-3-5-7-18)25(24(23)27)32(30,31)22-10-8-20(9-11-22)26(28)29/h3-13,15H,14H2,1-2H3. The smallest absolute Gasteiger partial charge is 0.268 e. The van der Waals surface area contributed by atoms with Gasteiger partial charge < -0.3 is 0 Å². The molecule has 0 spiro atoms. The van der Waals surface area contributed by atoms with E-state index >= 15 is 0 Å². The number of benzene rings is 3. The molecule has 0 saturated carbocycles. The lowest BCUT2D eigenvalue weighted by Crippen LogP contribution is -2.31. The van der Waals surface area contributed by atoms with Gasteiger partial charge in [-0.1, -0.05) is 48.0 Å². The third-order valence-electron chi connectivity index (χ3n) is 5.31. The SMILES string of the molecule is Cc1cc(C)c2c(=O)n(S(=O)(=O)c3ccc([N+](=O)[O-])cc3)c(Cc3ccccc3)cc2c1. The number of nitrogens with zero attached hydrogens (tertiary/aromatic N) is 2. The molecule has 162 valence electrons. The number of aryl methyl sites for hydroxylation is 2. The molecule has 0 bridgehead atoms. The van der Waals surface area contributed by atoms with Crippen LogP contribution in [-0.4, -0.2) is 17.3 Å². The lowest BCUT2D eigenvalue weighted by Gasteiger charge is -2.16. The van der Waals surface area contributed by atoms with E-state index in [2.05, 4.69) is 0 Å². The van der Waals surface area contributed by atoms with Crippen molar-refractivity contribution in [1.82, 2.24) is 3.97 Å². The molecule has 0 atom stereocenters. The molecular weight excluding hydrogens is 428 g/mol. The molecule has 8 heteroatoms. The molecule has 0 aliphatic heterocycles. The van der Waals surface area contributed by atoms with Gasteiger partial charge in [0.05, 0.1) is 15.2 Å². The zero-order valence-electron chi connectivity index (χ0n) is 17.5. The minimum absolute atomic E-state index is 0.191. The van der Waals surface area contributed by atoms with Gasteiger partial charge in [-0.05, 0) is 48.6 Å². The van der Waals surface area contributed by atoms with E-state index in [4.69, 9.17) is 0 Å². The molecular formula is C24H20N2O5S. The molecule has 0 saturated heterocycles. The molecule has 1 heterocycles. The fourth-order valence-electron chi connectivity index (χ4n) is 3.91. The van der Waals surface area contributed by atoms with Crippen molar-refractivity contribution in [2.45, 2.75) is 25.2 Å². The zero-order chi connectivity index (χ0) is 23.0. The quantitative estimate of drug-likeness (QED) is 0.334. The summed E-state index contributed by atoms with van der Waals surface area (Å²) in [6.07, 6.45) is 0.227. The average molecular weight is 449 g/mol. The predicted molar refractivity (Wildman–Crippen MR) is 123 cm³/mol. The third kappa shape index (κ3) is 3.80. The van der Waals surface area contributed by atoms with Gasteiger partial charge in [0, 0.05) is 24.2 Å². The number of pyridine rings is 1. The van der Waals surface area contributed by atoms with Gasteiger partial charge in [-0.25, -0.2) is 12.4 Å². The Morgan fingerprint density at radius 3 is 2.22 bits per heavy atom. The van der Waals surface area contributed by atoms with E-state index in [-0.39, 0.29) is 17.0 Å². The van der Waals surface area contributed by atoms with Gasteiger partial charge in [-0.2, -0.15) is 0 Å². The monoisotopic (exact) mass is 448 g/mol. The van der Waals surface area contributed by atoms with Crippen molar-refractivity contribution >= 4 is 26.5 Å². The molecule has 0 unspecified atom stereocenters. The molecule has 7 nitrogen and oxygen atoms in total. The van der Waals surface area contributed by atoms with Crippen molar-refractivity contribution in [3.8, 4) is 0 Å². The van der Waals surface area contributed by atoms with Crippen LogP contribution in [0.2, 0.25) is 0 Å². The molecule has 0 aliphatic rings. The van der Waals surface area contributed by atoms with Gasteiger partial charge in [0.1, 0.15) is 0 Å². The largest absolute Gasteiger partial charge is 0.272 e. The normalized spacial score (nSPS) is 11.6. The van der Waals surface area contributed by atoms with E-state index in [0.29, 0.717) is 22.0 Å². The summed E-state index contributed by atoms with van der Waals surface area (Å²) in [6.45, 7) is 3.69. The minimum Gasteiger partial charge on any atom is -0.268 e. The van der Waals surface area contributed by atoms with Crippen LogP contribution in [0.5, 0.6) is 0 Å². The van der Waals surface area contributed by atoms with Crippen LogP contribution in [0.1, 0.15) is 22.4 Å². The summed E-state index contributed by atoms with van der Waals surface area (Å²) >= 11 is 0. The predicted octanol–water partition coefficient (Wildman–Crippen LogP) is 4.35. The number of non-ortho nitro benzene ring substituents is 1. The fraction of sp³-hybridized carbons (Fsp3) is 0.125. The highest BCUT2D eigenvalue weighted by Gasteiger charge is 2.25. The highest BCUT2D eigenvalue weighted by atomic mass is 32.2. The maximum atomic E-state index is 13.6. The Labute approximate surface area is 184 Å². The van der Waals surface area contributed by atoms with Gasteiger partial charge >= 0.3 is 0 Å². The average Bonchev–Trinajstić information content (AvgIpc) is 2.73. The second-order valence-corrected chi connectivity index (χ2v) is 9.46. The number of fused-ring (bicyclic) bond motifs is 1.